The topological polar surface area (TPSA) is 29.3 Å². The van der Waals surface area contributed by atoms with Crippen molar-refractivity contribution in [2.24, 2.45) is 11.7 Å². The van der Waals surface area contributed by atoms with E-state index in [9.17, 15) is 0 Å². The molecule has 1 saturated carbocycles. The molecule has 0 aromatic rings. The molecule has 0 bridgehead atoms. The summed E-state index contributed by atoms with van der Waals surface area (Å²) in [6.07, 6.45) is 5.40. The zero-order valence-corrected chi connectivity index (χ0v) is 11.1. The second kappa shape index (κ2) is 7.53. The van der Waals surface area contributed by atoms with Gasteiger partial charge < -0.3 is 10.6 Å². The molecule has 2 unspecified atom stereocenters. The molecule has 0 aromatic heterocycles. The summed E-state index contributed by atoms with van der Waals surface area (Å²) in [5.74, 6) is 3.31. The van der Waals surface area contributed by atoms with Gasteiger partial charge in [0.05, 0.1) is 0 Å². The molecule has 1 rings (SSSR count). The van der Waals surface area contributed by atoms with E-state index in [0.717, 1.165) is 18.5 Å². The first-order valence-electron chi connectivity index (χ1n) is 6.27. The summed E-state index contributed by atoms with van der Waals surface area (Å²) in [6, 6.07) is 0.765. The van der Waals surface area contributed by atoms with Gasteiger partial charge >= 0.3 is 0 Å². The van der Waals surface area contributed by atoms with Gasteiger partial charge in [-0.2, -0.15) is 11.8 Å². The molecule has 0 heterocycles. The standard InChI is InChI=1S/C12H26N2S/c1-3-15-9-5-8-14(2)12-7-4-6-11(12)10-13/h11-12H,3-10,13H2,1-2H3. The lowest BCUT2D eigenvalue weighted by molar-refractivity contribution is 0.201. The molecule has 0 aliphatic heterocycles. The van der Waals surface area contributed by atoms with E-state index in [1.807, 2.05) is 11.8 Å². The van der Waals surface area contributed by atoms with Gasteiger partial charge in [0.15, 0.2) is 0 Å². The van der Waals surface area contributed by atoms with Crippen LogP contribution in [0, 0.1) is 5.92 Å². The summed E-state index contributed by atoms with van der Waals surface area (Å²) in [4.78, 5) is 2.54. The highest BCUT2D eigenvalue weighted by molar-refractivity contribution is 7.99. The maximum Gasteiger partial charge on any atom is 0.0132 e. The van der Waals surface area contributed by atoms with Crippen LogP contribution in [0.1, 0.15) is 32.6 Å². The van der Waals surface area contributed by atoms with Crippen LogP contribution < -0.4 is 5.73 Å². The van der Waals surface area contributed by atoms with Crippen LogP contribution in [0.15, 0.2) is 0 Å². The van der Waals surface area contributed by atoms with Crippen LogP contribution in [0.5, 0.6) is 0 Å². The predicted molar refractivity (Wildman–Crippen MR) is 70.4 cm³/mol. The minimum atomic E-state index is 0.758. The number of nitrogens with two attached hydrogens (primary N) is 1. The molecular weight excluding hydrogens is 204 g/mol. The summed E-state index contributed by atoms with van der Waals surface area (Å²) < 4.78 is 0. The monoisotopic (exact) mass is 230 g/mol. The Morgan fingerprint density at radius 2 is 2.20 bits per heavy atom. The van der Waals surface area contributed by atoms with Crippen molar-refractivity contribution in [1.29, 1.82) is 0 Å². The van der Waals surface area contributed by atoms with E-state index in [2.05, 4.69) is 18.9 Å². The van der Waals surface area contributed by atoms with Crippen molar-refractivity contribution in [3.63, 3.8) is 0 Å². The van der Waals surface area contributed by atoms with Crippen molar-refractivity contribution in [2.75, 3.05) is 31.6 Å². The predicted octanol–water partition coefficient (Wildman–Crippen LogP) is 2.19. The van der Waals surface area contributed by atoms with Gasteiger partial charge in [-0.3, -0.25) is 0 Å². The molecule has 0 aromatic carbocycles. The second-order valence-corrected chi connectivity index (χ2v) is 5.92. The Bertz CT molecular complexity index is 164. The van der Waals surface area contributed by atoms with Gasteiger partial charge in [0, 0.05) is 6.04 Å². The molecule has 2 nitrogen and oxygen atoms in total. The highest BCUT2D eigenvalue weighted by Gasteiger charge is 2.28. The fourth-order valence-corrected chi connectivity index (χ4v) is 3.22. The van der Waals surface area contributed by atoms with Gasteiger partial charge in [0.25, 0.3) is 0 Å². The third kappa shape index (κ3) is 4.33. The molecule has 2 atom stereocenters. The molecule has 1 aliphatic carbocycles. The van der Waals surface area contributed by atoms with E-state index in [-0.39, 0.29) is 0 Å². The molecular formula is C12H26N2S. The summed E-state index contributed by atoms with van der Waals surface area (Å²) in [5.41, 5.74) is 5.81. The lowest BCUT2D eigenvalue weighted by Gasteiger charge is -2.29. The van der Waals surface area contributed by atoms with Crippen LogP contribution >= 0.6 is 11.8 Å². The first-order chi connectivity index (χ1) is 7.29. The van der Waals surface area contributed by atoms with Crippen LogP contribution in [-0.4, -0.2) is 42.6 Å². The van der Waals surface area contributed by atoms with Crippen molar-refractivity contribution in [2.45, 2.75) is 38.6 Å². The van der Waals surface area contributed by atoms with E-state index >= 15 is 0 Å². The minimum absolute atomic E-state index is 0.758. The lowest BCUT2D eigenvalue weighted by Crippen LogP contribution is -2.38. The normalized spacial score (nSPS) is 26.4. The maximum absolute atomic E-state index is 5.81. The van der Waals surface area contributed by atoms with Gasteiger partial charge in [-0.1, -0.05) is 13.3 Å². The first-order valence-corrected chi connectivity index (χ1v) is 7.43. The Labute approximate surface area is 99.0 Å². The number of rotatable bonds is 7. The highest BCUT2D eigenvalue weighted by atomic mass is 32.2. The zero-order chi connectivity index (χ0) is 11.1. The Morgan fingerprint density at radius 1 is 1.40 bits per heavy atom. The minimum Gasteiger partial charge on any atom is -0.330 e. The van der Waals surface area contributed by atoms with E-state index < -0.39 is 0 Å². The van der Waals surface area contributed by atoms with Crippen molar-refractivity contribution in [3.05, 3.63) is 0 Å². The fraction of sp³-hybridized carbons (Fsp3) is 1.00. The van der Waals surface area contributed by atoms with Crippen molar-refractivity contribution >= 4 is 11.8 Å². The zero-order valence-electron chi connectivity index (χ0n) is 10.2. The van der Waals surface area contributed by atoms with Crippen LogP contribution in [-0.2, 0) is 0 Å². The quantitative estimate of drug-likeness (QED) is 0.680. The molecule has 2 N–H and O–H groups in total. The molecule has 15 heavy (non-hydrogen) atoms. The SMILES string of the molecule is CCSCCCN(C)C1CCCC1CN. The van der Waals surface area contributed by atoms with Gasteiger partial charge in [0.1, 0.15) is 0 Å². The average Bonchev–Trinajstić information content (AvgIpc) is 2.72. The largest absolute Gasteiger partial charge is 0.330 e. The second-order valence-electron chi connectivity index (χ2n) is 4.53. The first kappa shape index (κ1) is 13.3. The van der Waals surface area contributed by atoms with Gasteiger partial charge in [0.2, 0.25) is 0 Å². The van der Waals surface area contributed by atoms with Crippen molar-refractivity contribution < 1.29 is 0 Å². The van der Waals surface area contributed by atoms with Gasteiger partial charge in [-0.05, 0) is 56.8 Å². The smallest absolute Gasteiger partial charge is 0.0132 e. The van der Waals surface area contributed by atoms with Crippen LogP contribution in [0.3, 0.4) is 0 Å². The summed E-state index contributed by atoms with van der Waals surface area (Å²) >= 11 is 2.05. The maximum atomic E-state index is 5.81. The van der Waals surface area contributed by atoms with Crippen LogP contribution in [0.2, 0.25) is 0 Å². The number of hydrogen-bond acceptors (Lipinski definition) is 3. The van der Waals surface area contributed by atoms with Crippen molar-refractivity contribution in [1.82, 2.24) is 4.90 Å². The molecule has 1 aliphatic rings. The summed E-state index contributed by atoms with van der Waals surface area (Å²) in [5, 5.41) is 0. The molecule has 0 radical (unpaired) electrons. The molecule has 0 saturated heterocycles. The number of nitrogens with zero attached hydrogens (tertiary/aromatic N) is 1. The highest BCUT2D eigenvalue weighted by Crippen LogP contribution is 2.28. The third-order valence-corrected chi connectivity index (χ3v) is 4.48. The third-order valence-electron chi connectivity index (χ3n) is 3.49. The summed E-state index contributed by atoms with van der Waals surface area (Å²) in [7, 11) is 2.27. The van der Waals surface area contributed by atoms with E-state index in [1.165, 1.54) is 43.7 Å². The molecule has 0 amide bonds. The Balaban J connectivity index is 2.17. The lowest BCUT2D eigenvalue weighted by atomic mass is 10.0. The van der Waals surface area contributed by atoms with Gasteiger partial charge in [-0.15, -0.1) is 0 Å². The molecule has 90 valence electrons. The van der Waals surface area contributed by atoms with Gasteiger partial charge in [-0.25, -0.2) is 0 Å². The molecule has 0 spiro atoms. The number of hydrogen-bond donors (Lipinski definition) is 1. The molecule has 1 fully saturated rings. The Kier molecular flexibility index (Phi) is 6.69. The average molecular weight is 230 g/mol. The fourth-order valence-electron chi connectivity index (χ4n) is 2.60. The van der Waals surface area contributed by atoms with E-state index in [4.69, 9.17) is 5.73 Å². The Hall–Kier alpha value is 0.270. The van der Waals surface area contributed by atoms with E-state index in [1.54, 1.807) is 0 Å². The van der Waals surface area contributed by atoms with E-state index in [0.29, 0.717) is 0 Å². The molecule has 3 heteroatoms. The summed E-state index contributed by atoms with van der Waals surface area (Å²) in [6.45, 7) is 4.35. The number of thioether (sulfide) groups is 1. The van der Waals surface area contributed by atoms with Crippen LogP contribution in [0.4, 0.5) is 0 Å². The van der Waals surface area contributed by atoms with Crippen LogP contribution in [0.25, 0.3) is 0 Å². The Morgan fingerprint density at radius 3 is 2.87 bits per heavy atom. The van der Waals surface area contributed by atoms with Crippen molar-refractivity contribution in [3.8, 4) is 0 Å².